The molecule has 0 bridgehead atoms. The molecule has 1 unspecified atom stereocenters. The van der Waals surface area contributed by atoms with Crippen molar-refractivity contribution in [2.45, 2.75) is 52.0 Å². The van der Waals surface area contributed by atoms with Gasteiger partial charge in [-0.1, -0.05) is 289 Å². The van der Waals surface area contributed by atoms with Crippen molar-refractivity contribution in [1.29, 1.82) is 0 Å². The highest BCUT2D eigenvalue weighted by molar-refractivity contribution is 6.40. The van der Waals surface area contributed by atoms with Gasteiger partial charge in [0.1, 0.15) is 71.7 Å². The maximum absolute atomic E-state index is 13.2. The van der Waals surface area contributed by atoms with Crippen LogP contribution < -0.4 is 5.73 Å². The molecule has 8 aromatic heterocycles. The molecule has 32 heteroatoms. The summed E-state index contributed by atoms with van der Waals surface area (Å²) in [4.78, 5) is 74.1. The number of fused-ring (bicyclic) bond motifs is 4. The van der Waals surface area contributed by atoms with Crippen LogP contribution in [0.15, 0.2) is 243 Å². The number of benzene rings is 8. The fourth-order valence-corrected chi connectivity index (χ4v) is 16.9. The van der Waals surface area contributed by atoms with Crippen LogP contribution in [0.3, 0.4) is 0 Å². The number of primary amides is 1. The Balaban J connectivity index is 0.000000124. The smallest absolute Gasteiger partial charge is 0.244 e. The summed E-state index contributed by atoms with van der Waals surface area (Å²) in [5, 5.41) is 58.6. The first-order valence-corrected chi connectivity index (χ1v) is 42.7. The average Bonchev–Trinajstić information content (AvgIpc) is 1.62. The van der Waals surface area contributed by atoms with Gasteiger partial charge in [-0.2, -0.15) is 20.4 Å². The fraction of sp³-hybridized carbons (Fsp3) is 0.223. The van der Waals surface area contributed by atoms with Crippen LogP contribution in [0.5, 0.6) is 0 Å². The second-order valence-electron chi connectivity index (χ2n) is 30.8. The van der Waals surface area contributed by atoms with Crippen LogP contribution in [0.25, 0.3) is 134 Å². The number of carbonyl (C=O) groups excluding carboxylic acids is 5. The Morgan fingerprint density at radius 3 is 0.849 bits per heavy atom. The van der Waals surface area contributed by atoms with Gasteiger partial charge in [0.15, 0.2) is 22.6 Å². The summed E-state index contributed by atoms with van der Waals surface area (Å²) in [7, 11) is 6.18. The molecular weight excluding hydrogens is 1670 g/mol. The molecule has 5 amide bonds. The van der Waals surface area contributed by atoms with Crippen molar-refractivity contribution in [1.82, 2.24) is 109 Å². The van der Waals surface area contributed by atoms with E-state index in [0.29, 0.717) is 149 Å². The van der Waals surface area contributed by atoms with Crippen LogP contribution in [-0.2, 0) is 50.2 Å². The first-order valence-electron chi connectivity index (χ1n) is 41.2. The van der Waals surface area contributed by atoms with Crippen LogP contribution in [0.4, 0.5) is 0 Å². The maximum Gasteiger partial charge on any atom is 0.244 e. The maximum atomic E-state index is 13.2. The van der Waals surface area contributed by atoms with Gasteiger partial charge in [0.2, 0.25) is 29.5 Å². The Bertz CT molecular complexity index is 6590. The van der Waals surface area contributed by atoms with Crippen molar-refractivity contribution in [3.8, 4) is 90.1 Å². The first-order chi connectivity index (χ1) is 61.3. The summed E-state index contributed by atoms with van der Waals surface area (Å²) in [5.41, 5.74) is 19.3. The summed E-state index contributed by atoms with van der Waals surface area (Å²) in [5.74, 6) is -0.527. The number of amides is 5. The summed E-state index contributed by atoms with van der Waals surface area (Å²) in [6.45, 7) is 8.50. The lowest BCUT2D eigenvalue weighted by Gasteiger charge is -2.34. The summed E-state index contributed by atoms with van der Waals surface area (Å²) in [6, 6.07) is 78.0. The fourth-order valence-electron chi connectivity index (χ4n) is 15.6. The quantitative estimate of drug-likeness (QED) is 0.0885. The third-order valence-electron chi connectivity index (χ3n) is 22.3. The van der Waals surface area contributed by atoms with Gasteiger partial charge in [-0.25, -0.2) is 18.7 Å². The van der Waals surface area contributed by atoms with Crippen LogP contribution in [0.1, 0.15) is 19.8 Å². The molecule has 3 saturated heterocycles. The monoisotopic (exact) mass is 1760 g/mol. The molecular formula is C94H87Cl4N23O5. The van der Waals surface area contributed by atoms with E-state index in [-0.39, 0.29) is 49.8 Å². The van der Waals surface area contributed by atoms with E-state index < -0.39 is 5.91 Å². The van der Waals surface area contributed by atoms with Gasteiger partial charge in [0, 0.05) is 116 Å². The van der Waals surface area contributed by atoms with E-state index in [2.05, 4.69) is 62.7 Å². The number of piperazine rings is 1. The molecule has 3 fully saturated rings. The Labute approximate surface area is 745 Å². The Hall–Kier alpha value is -13.6. The number of carbonyl (C=O) groups is 5. The van der Waals surface area contributed by atoms with Crippen LogP contribution in [-0.4, -0.2) is 231 Å². The molecule has 19 rings (SSSR count). The van der Waals surface area contributed by atoms with E-state index >= 15 is 0 Å². The van der Waals surface area contributed by atoms with Crippen LogP contribution in [0.2, 0.25) is 20.1 Å². The van der Waals surface area contributed by atoms with E-state index in [1.807, 2.05) is 267 Å². The van der Waals surface area contributed by atoms with Crippen LogP contribution in [0, 0.1) is 0 Å². The highest BCUT2D eigenvalue weighted by Crippen LogP contribution is 2.43. The molecule has 0 saturated carbocycles. The van der Waals surface area contributed by atoms with Crippen molar-refractivity contribution >= 4 is 120 Å². The highest BCUT2D eigenvalue weighted by Gasteiger charge is 2.33. The number of hydrogen-bond acceptors (Lipinski definition) is 19. The third kappa shape index (κ3) is 18.9. The Kier molecular flexibility index (Phi) is 26.6. The lowest BCUT2D eigenvalue weighted by atomic mass is 10.1. The number of likely N-dealkylation sites (N-methyl/N-ethyl adjacent to an activating group) is 2. The molecule has 126 heavy (non-hydrogen) atoms. The number of hydrogen-bond donors (Lipinski definition) is 1. The topological polar surface area (TPSA) is 305 Å². The van der Waals surface area contributed by atoms with E-state index in [1.165, 1.54) is 4.68 Å². The summed E-state index contributed by atoms with van der Waals surface area (Å²) < 4.78 is 6.29. The zero-order valence-corrected chi connectivity index (χ0v) is 72.5. The minimum absolute atomic E-state index is 0.0130. The Morgan fingerprint density at radius 1 is 0.325 bits per heavy atom. The minimum Gasteiger partial charge on any atom is -0.368 e. The molecule has 0 aliphatic carbocycles. The SMILES string of the molecule is CC(=O)N1CCN(C(=O)Cn2nc(-c3ccccc3)c3c(Cl)c(-c4ccccc4)nnc32)CC1.CN(C)C1CCN(C(=O)Cn2nc(-c3ccccc3)c3c(Cl)c(-c4ccccc4)nnc32)C1.CN1CCCN(C(=O)Cn2nc(-c3ccccc3)c3c(Cl)c(-c4ccccc4)nnc32)CC1.NC(=O)Cn1nc(-c2ccccc2)c2c(Cl)c(-c3ccccc3)nnc21. The van der Waals surface area contributed by atoms with Crippen molar-refractivity contribution < 1.29 is 24.0 Å². The Morgan fingerprint density at radius 2 is 0.579 bits per heavy atom. The number of nitrogens with zero attached hydrogens (tertiary/aromatic N) is 22. The van der Waals surface area contributed by atoms with Crippen LogP contribution >= 0.6 is 46.4 Å². The van der Waals surface area contributed by atoms with Gasteiger partial charge in [-0.3, -0.25) is 24.0 Å². The molecule has 11 heterocycles. The van der Waals surface area contributed by atoms with Gasteiger partial charge in [-0.05, 0) is 40.5 Å². The van der Waals surface area contributed by atoms with E-state index in [1.54, 1.807) is 30.8 Å². The number of likely N-dealkylation sites (tertiary alicyclic amines) is 1. The molecule has 0 spiro atoms. The molecule has 3 aliphatic heterocycles. The minimum atomic E-state index is -0.515. The number of aromatic nitrogens is 16. The van der Waals surface area contributed by atoms with Gasteiger partial charge in [0.05, 0.1) is 41.6 Å². The average molecular weight is 1760 g/mol. The zero-order chi connectivity index (χ0) is 87.5. The standard InChI is InChI=1S/C25H23ClN6O2.2C25H25ClN6O.C19H14ClN5O/c1-17(33)30-12-14-31(15-13-30)20(34)16-32-25-21(23(29-32)18-8-4-2-5-9-18)22(26)24(27-28-25)19-10-6-3-7-11-19;1-30(2)19-13-14-31(15-19)20(33)16-32-25-21(23(29-32)17-9-5-3-6-10-17)22(26)24(27-28-25)18-11-7-4-8-12-18;1-30-13-8-14-31(16-15-30)20(33)17-32-25-21(23(29-32)18-9-4-2-5-10-18)22(26)24(27-28-25)19-11-6-3-7-12-19;20-16-15-17(12-7-3-1-4-8-12)24-25(11-14(21)26)19(15)23-22-18(16)13-9-5-2-6-10-13/h2-11H,12-16H2,1H3;3-12,19H,13-16H2,1-2H3;2-7,9-12H,8,13-17H2,1H3;1-10H,11H2,(H2,21,26). The van der Waals surface area contributed by atoms with Crippen molar-refractivity contribution in [3.05, 3.63) is 263 Å². The summed E-state index contributed by atoms with van der Waals surface area (Å²) >= 11 is 27.4. The van der Waals surface area contributed by atoms with Gasteiger partial charge >= 0.3 is 0 Å². The molecule has 28 nitrogen and oxygen atoms in total. The van der Waals surface area contributed by atoms with E-state index in [9.17, 15) is 24.0 Å². The zero-order valence-electron chi connectivity index (χ0n) is 69.5. The van der Waals surface area contributed by atoms with Crippen molar-refractivity contribution in [3.63, 3.8) is 0 Å². The second-order valence-corrected chi connectivity index (χ2v) is 32.3. The largest absolute Gasteiger partial charge is 0.368 e. The predicted octanol–water partition coefficient (Wildman–Crippen LogP) is 14.8. The lowest BCUT2D eigenvalue weighted by Crippen LogP contribution is -2.50. The van der Waals surface area contributed by atoms with E-state index in [0.717, 1.165) is 90.1 Å². The molecule has 16 aromatic rings. The van der Waals surface area contributed by atoms with Crippen molar-refractivity contribution in [2.75, 3.05) is 86.6 Å². The molecule has 8 aromatic carbocycles. The first kappa shape index (κ1) is 85.9. The molecule has 2 N–H and O–H groups in total. The number of rotatable bonds is 17. The predicted molar refractivity (Wildman–Crippen MR) is 490 cm³/mol. The molecule has 1 atom stereocenters. The molecule has 0 radical (unpaired) electrons. The summed E-state index contributed by atoms with van der Waals surface area (Å²) in [6.07, 6.45) is 1.93. The lowest BCUT2D eigenvalue weighted by molar-refractivity contribution is -0.138. The molecule has 636 valence electrons. The normalized spacial score (nSPS) is 14.2. The number of halogens is 4. The van der Waals surface area contributed by atoms with Gasteiger partial charge in [-0.15, -0.1) is 40.8 Å². The molecule has 3 aliphatic rings. The highest BCUT2D eigenvalue weighted by atomic mass is 35.5. The van der Waals surface area contributed by atoms with Crippen molar-refractivity contribution in [2.24, 2.45) is 5.73 Å². The van der Waals surface area contributed by atoms with Gasteiger partial charge < -0.3 is 35.1 Å². The number of nitrogens with two attached hydrogens (primary N) is 1. The van der Waals surface area contributed by atoms with E-state index in [4.69, 9.17) is 67.4 Å². The third-order valence-corrected chi connectivity index (χ3v) is 23.8. The second kappa shape index (κ2) is 39.1. The van der Waals surface area contributed by atoms with Gasteiger partial charge in [0.25, 0.3) is 0 Å².